The fourth-order valence-electron chi connectivity index (χ4n) is 3.52. The maximum Gasteiger partial charge on any atom is 0.265 e. The fourth-order valence-corrected chi connectivity index (χ4v) is 4.83. The van der Waals surface area contributed by atoms with Crippen LogP contribution in [0.25, 0.3) is 0 Å². The molecule has 0 bridgehead atoms. The summed E-state index contributed by atoms with van der Waals surface area (Å²) in [7, 11) is -2.48. The minimum atomic E-state index is -3.91. The van der Waals surface area contributed by atoms with Crippen molar-refractivity contribution >= 4 is 27.3 Å². The number of hydrogen-bond donors (Lipinski definition) is 1. The molecular weight excluding hydrogens is 428 g/mol. The summed E-state index contributed by atoms with van der Waals surface area (Å²) >= 11 is 0. The normalized spacial score (nSPS) is 15.7. The van der Waals surface area contributed by atoms with Gasteiger partial charge in [0.1, 0.15) is 23.0 Å². The van der Waals surface area contributed by atoms with Crippen LogP contribution in [0, 0.1) is 18.3 Å². The second-order valence-electron chi connectivity index (χ2n) is 9.25. The Labute approximate surface area is 190 Å². The molecule has 0 saturated carbocycles. The molecule has 1 heterocycles. The number of carbonyl (C=O) groups is 1. The molecule has 1 aliphatic rings. The number of ether oxygens (including phenoxy) is 2. The Kier molecular flexibility index (Phi) is 6.74. The highest BCUT2D eigenvalue weighted by Gasteiger charge is 2.38. The van der Waals surface area contributed by atoms with Crippen molar-refractivity contribution in [2.24, 2.45) is 11.3 Å². The molecule has 7 nitrogen and oxygen atoms in total. The molecule has 0 radical (unpaired) electrons. The quantitative estimate of drug-likeness (QED) is 0.653. The van der Waals surface area contributed by atoms with Crippen LogP contribution in [0.3, 0.4) is 0 Å². The van der Waals surface area contributed by atoms with E-state index in [0.717, 1.165) is 12.0 Å². The number of aryl methyl sites for hydroxylation is 1. The van der Waals surface area contributed by atoms with E-state index in [-0.39, 0.29) is 23.2 Å². The summed E-state index contributed by atoms with van der Waals surface area (Å²) in [5.41, 5.74) is 1.02. The smallest absolute Gasteiger partial charge is 0.265 e. The number of fused-ring (bicyclic) bond motifs is 1. The van der Waals surface area contributed by atoms with Crippen molar-refractivity contribution in [3.63, 3.8) is 0 Å². The zero-order valence-corrected chi connectivity index (χ0v) is 20.4. The van der Waals surface area contributed by atoms with Crippen LogP contribution in [0.2, 0.25) is 0 Å². The lowest BCUT2D eigenvalue weighted by Crippen LogP contribution is -2.42. The van der Waals surface area contributed by atoms with E-state index >= 15 is 0 Å². The standard InChI is InChI=1S/C24H32N2O5S/c1-16(2)11-12-26-19-14-18(8-10-20(19)31-15-24(4,5)23(26)27)25-32(28,29)22-13-17(3)7-9-21(22)30-6/h7-10,13-14,16,25H,11-12,15H2,1-6H3. The van der Waals surface area contributed by atoms with Gasteiger partial charge in [0, 0.05) is 6.54 Å². The number of methoxy groups -OCH3 is 1. The number of nitrogens with one attached hydrogen (secondary N) is 1. The molecule has 32 heavy (non-hydrogen) atoms. The number of anilines is 2. The van der Waals surface area contributed by atoms with Crippen LogP contribution in [0.1, 0.15) is 39.7 Å². The molecule has 2 aromatic carbocycles. The zero-order chi connectivity index (χ0) is 23.7. The maximum absolute atomic E-state index is 13.3. The predicted octanol–water partition coefficient (Wildman–Crippen LogP) is 4.60. The Morgan fingerprint density at radius 1 is 1.19 bits per heavy atom. The molecule has 2 aromatic rings. The third-order valence-corrected chi connectivity index (χ3v) is 6.86. The minimum absolute atomic E-state index is 0.0442. The lowest BCUT2D eigenvalue weighted by molar-refractivity contribution is -0.127. The van der Waals surface area contributed by atoms with Crippen LogP contribution in [-0.4, -0.2) is 34.6 Å². The first-order chi connectivity index (χ1) is 14.9. The molecule has 0 fully saturated rings. The van der Waals surface area contributed by atoms with E-state index in [1.165, 1.54) is 7.11 Å². The van der Waals surface area contributed by atoms with Gasteiger partial charge in [0.2, 0.25) is 5.91 Å². The van der Waals surface area contributed by atoms with Crippen LogP contribution in [0.15, 0.2) is 41.3 Å². The first-order valence-electron chi connectivity index (χ1n) is 10.7. The molecule has 0 saturated heterocycles. The van der Waals surface area contributed by atoms with E-state index in [2.05, 4.69) is 18.6 Å². The third-order valence-electron chi connectivity index (χ3n) is 5.45. The molecule has 0 spiro atoms. The number of rotatable bonds is 7. The number of carbonyl (C=O) groups excluding carboxylic acids is 1. The molecule has 0 unspecified atom stereocenters. The summed E-state index contributed by atoms with van der Waals surface area (Å²) < 4.78 is 40.1. The van der Waals surface area contributed by atoms with Gasteiger partial charge >= 0.3 is 0 Å². The molecular formula is C24H32N2O5S. The van der Waals surface area contributed by atoms with Crippen LogP contribution in [-0.2, 0) is 14.8 Å². The second-order valence-corrected chi connectivity index (χ2v) is 10.9. The topological polar surface area (TPSA) is 84.9 Å². The predicted molar refractivity (Wildman–Crippen MR) is 126 cm³/mol. The van der Waals surface area contributed by atoms with E-state index in [9.17, 15) is 13.2 Å². The molecule has 8 heteroatoms. The highest BCUT2D eigenvalue weighted by molar-refractivity contribution is 7.92. The van der Waals surface area contributed by atoms with Crippen molar-refractivity contribution in [2.75, 3.05) is 29.9 Å². The van der Waals surface area contributed by atoms with Gasteiger partial charge in [-0.15, -0.1) is 0 Å². The van der Waals surface area contributed by atoms with E-state index < -0.39 is 15.4 Å². The Balaban J connectivity index is 2.01. The Morgan fingerprint density at radius 3 is 2.56 bits per heavy atom. The number of benzene rings is 2. The van der Waals surface area contributed by atoms with Crippen molar-refractivity contribution in [3.8, 4) is 11.5 Å². The maximum atomic E-state index is 13.3. The van der Waals surface area contributed by atoms with Gasteiger partial charge in [-0.3, -0.25) is 9.52 Å². The molecule has 0 aliphatic carbocycles. The highest BCUT2D eigenvalue weighted by atomic mass is 32.2. The lowest BCUT2D eigenvalue weighted by Gasteiger charge is -2.28. The van der Waals surface area contributed by atoms with Gasteiger partial charge < -0.3 is 14.4 Å². The molecule has 0 aromatic heterocycles. The van der Waals surface area contributed by atoms with E-state index in [4.69, 9.17) is 9.47 Å². The minimum Gasteiger partial charge on any atom is -0.495 e. The van der Waals surface area contributed by atoms with Crippen molar-refractivity contribution in [1.82, 2.24) is 0 Å². The molecule has 0 atom stereocenters. The lowest BCUT2D eigenvalue weighted by atomic mass is 9.92. The molecule has 1 aliphatic heterocycles. The van der Waals surface area contributed by atoms with Crippen LogP contribution >= 0.6 is 0 Å². The van der Waals surface area contributed by atoms with Gasteiger partial charge in [0.05, 0.1) is 23.9 Å². The number of nitrogens with zero attached hydrogens (tertiary/aromatic N) is 1. The van der Waals surface area contributed by atoms with Gasteiger partial charge in [-0.25, -0.2) is 8.42 Å². The summed E-state index contributed by atoms with van der Waals surface area (Å²) in [5, 5.41) is 0. The van der Waals surface area contributed by atoms with E-state index in [1.807, 2.05) is 20.8 Å². The van der Waals surface area contributed by atoms with E-state index in [1.54, 1.807) is 41.3 Å². The molecule has 1 N–H and O–H groups in total. The van der Waals surface area contributed by atoms with Crippen molar-refractivity contribution in [1.29, 1.82) is 0 Å². The summed E-state index contributed by atoms with van der Waals surface area (Å²) in [6.07, 6.45) is 0.817. The fraction of sp³-hybridized carbons (Fsp3) is 0.458. The first kappa shape index (κ1) is 23.9. The zero-order valence-electron chi connectivity index (χ0n) is 19.6. The summed E-state index contributed by atoms with van der Waals surface area (Å²) in [5.74, 6) is 1.19. The molecule has 1 amide bonds. The van der Waals surface area contributed by atoms with Gasteiger partial charge in [-0.1, -0.05) is 19.9 Å². The van der Waals surface area contributed by atoms with Crippen LogP contribution < -0.4 is 19.1 Å². The Morgan fingerprint density at radius 2 is 1.91 bits per heavy atom. The Hall–Kier alpha value is -2.74. The van der Waals surface area contributed by atoms with Crippen molar-refractivity contribution < 1.29 is 22.7 Å². The van der Waals surface area contributed by atoms with Gasteiger partial charge in [0.25, 0.3) is 10.0 Å². The number of hydrogen-bond acceptors (Lipinski definition) is 5. The number of sulfonamides is 1. The van der Waals surface area contributed by atoms with Gasteiger partial charge in [-0.2, -0.15) is 0 Å². The van der Waals surface area contributed by atoms with Gasteiger partial charge in [-0.05, 0) is 69.0 Å². The average Bonchev–Trinajstić information content (AvgIpc) is 2.81. The van der Waals surface area contributed by atoms with Gasteiger partial charge in [0.15, 0.2) is 0 Å². The number of amides is 1. The van der Waals surface area contributed by atoms with Crippen LogP contribution in [0.5, 0.6) is 11.5 Å². The van der Waals surface area contributed by atoms with Crippen LogP contribution in [0.4, 0.5) is 11.4 Å². The highest BCUT2D eigenvalue weighted by Crippen LogP contribution is 2.39. The first-order valence-corrected chi connectivity index (χ1v) is 12.2. The largest absolute Gasteiger partial charge is 0.495 e. The monoisotopic (exact) mass is 460 g/mol. The van der Waals surface area contributed by atoms with E-state index in [0.29, 0.717) is 29.6 Å². The summed E-state index contributed by atoms with van der Waals surface area (Å²) in [6.45, 7) is 10.5. The second kappa shape index (κ2) is 9.02. The third kappa shape index (κ3) is 5.01. The van der Waals surface area contributed by atoms with Crippen molar-refractivity contribution in [2.45, 2.75) is 45.9 Å². The summed E-state index contributed by atoms with van der Waals surface area (Å²) in [4.78, 5) is 15.0. The Bertz CT molecular complexity index is 1110. The SMILES string of the molecule is COc1ccc(C)cc1S(=O)(=O)Nc1ccc2c(c1)N(CCC(C)C)C(=O)C(C)(C)CO2. The summed E-state index contributed by atoms with van der Waals surface area (Å²) in [6, 6.07) is 9.99. The average molecular weight is 461 g/mol. The van der Waals surface area contributed by atoms with Crippen molar-refractivity contribution in [3.05, 3.63) is 42.0 Å². The molecule has 174 valence electrons. The molecule has 3 rings (SSSR count).